The van der Waals surface area contributed by atoms with Gasteiger partial charge in [-0.1, -0.05) is 259 Å². The molecule has 0 aromatic rings. The summed E-state index contributed by atoms with van der Waals surface area (Å²) in [6, 6.07) is 0. The van der Waals surface area contributed by atoms with Crippen molar-refractivity contribution in [3.8, 4) is 0 Å². The van der Waals surface area contributed by atoms with Gasteiger partial charge in [-0.25, -0.2) is 0 Å². The summed E-state index contributed by atoms with van der Waals surface area (Å²) in [6.07, 6.45) is 48.0. The van der Waals surface area contributed by atoms with Gasteiger partial charge in [0.25, 0.3) is 0 Å². The summed E-state index contributed by atoms with van der Waals surface area (Å²) in [5.41, 5.74) is 0. The maximum absolute atomic E-state index is 12.8. The van der Waals surface area contributed by atoms with Gasteiger partial charge in [0, 0.05) is 19.3 Å². The lowest BCUT2D eigenvalue weighted by atomic mass is 9.99. The summed E-state index contributed by atoms with van der Waals surface area (Å²) in [7, 11) is 0. The van der Waals surface area contributed by atoms with E-state index < -0.39 is 6.10 Å². The van der Waals surface area contributed by atoms with E-state index in [0.29, 0.717) is 19.3 Å². The minimum Gasteiger partial charge on any atom is -0.462 e. The van der Waals surface area contributed by atoms with E-state index in [0.717, 1.165) is 69.6 Å². The van der Waals surface area contributed by atoms with Crippen LogP contribution in [0, 0.1) is 11.8 Å². The summed E-state index contributed by atoms with van der Waals surface area (Å²) >= 11 is 0. The van der Waals surface area contributed by atoms with Crippen LogP contribution in [0.25, 0.3) is 0 Å². The lowest BCUT2D eigenvalue weighted by molar-refractivity contribution is -0.167. The average molecular weight is 849 g/mol. The Kier molecular flexibility index (Phi) is 45.7. The molecule has 0 aliphatic heterocycles. The number of esters is 3. The first kappa shape index (κ1) is 58.4. The van der Waals surface area contributed by atoms with Gasteiger partial charge in [-0.15, -0.1) is 0 Å². The van der Waals surface area contributed by atoms with Crippen LogP contribution in [0.3, 0.4) is 0 Å². The third kappa shape index (κ3) is 45.9. The van der Waals surface area contributed by atoms with Crippen LogP contribution in [0.15, 0.2) is 0 Å². The SMILES string of the molecule is CCCCCCCCCCCCCC(=O)OC[C@@H](COC(=O)CCCCCCCCCCCCCCCCC(C)CC)OC(=O)CCCCCCCCCCCCC(C)C. The van der Waals surface area contributed by atoms with Crippen LogP contribution in [0.2, 0.25) is 0 Å². The molecule has 60 heavy (non-hydrogen) atoms. The highest BCUT2D eigenvalue weighted by molar-refractivity contribution is 5.71. The summed E-state index contributed by atoms with van der Waals surface area (Å²) in [4.78, 5) is 38.0. The number of ether oxygens (including phenoxy) is 3. The van der Waals surface area contributed by atoms with E-state index >= 15 is 0 Å². The molecule has 0 bridgehead atoms. The van der Waals surface area contributed by atoms with E-state index in [1.807, 2.05) is 0 Å². The second kappa shape index (κ2) is 46.9. The third-order valence-electron chi connectivity index (χ3n) is 12.6. The van der Waals surface area contributed by atoms with Gasteiger partial charge in [0.05, 0.1) is 0 Å². The Balaban J connectivity index is 4.27. The molecule has 0 aromatic heterocycles. The fourth-order valence-corrected chi connectivity index (χ4v) is 8.13. The first-order valence-electron chi connectivity index (χ1n) is 26.8. The molecule has 0 fully saturated rings. The molecule has 0 aliphatic carbocycles. The Morgan fingerprint density at radius 3 is 0.950 bits per heavy atom. The van der Waals surface area contributed by atoms with E-state index in [2.05, 4.69) is 34.6 Å². The van der Waals surface area contributed by atoms with Crippen LogP contribution in [0.4, 0.5) is 0 Å². The Labute approximate surface area is 374 Å². The molecule has 0 radical (unpaired) electrons. The maximum atomic E-state index is 12.8. The lowest BCUT2D eigenvalue weighted by Gasteiger charge is -2.18. The number of hydrogen-bond donors (Lipinski definition) is 0. The van der Waals surface area contributed by atoms with E-state index in [4.69, 9.17) is 14.2 Å². The zero-order valence-electron chi connectivity index (χ0n) is 41.1. The molecule has 0 amide bonds. The normalized spacial score (nSPS) is 12.5. The van der Waals surface area contributed by atoms with Crippen LogP contribution in [-0.2, 0) is 28.6 Å². The fourth-order valence-electron chi connectivity index (χ4n) is 8.13. The molecule has 6 heteroatoms. The number of unbranched alkanes of at least 4 members (excludes halogenated alkanes) is 32. The van der Waals surface area contributed by atoms with Crippen molar-refractivity contribution in [3.05, 3.63) is 0 Å². The Morgan fingerprint density at radius 2 is 0.633 bits per heavy atom. The standard InChI is InChI=1S/C54H104O6/c1-6-8-9-10-11-12-17-24-29-34-39-44-52(55)58-47-51(60-54(57)46-41-36-31-26-21-20-22-27-32-37-42-49(3)4)48-59-53(56)45-40-35-30-25-19-16-14-13-15-18-23-28-33-38-43-50(5)7-2/h49-51H,6-48H2,1-5H3/t50?,51-/m0/s1. The minimum absolute atomic E-state index is 0.0635. The van der Waals surface area contributed by atoms with Crippen molar-refractivity contribution in [1.82, 2.24) is 0 Å². The van der Waals surface area contributed by atoms with Gasteiger partial charge >= 0.3 is 17.9 Å². The molecule has 0 aromatic carbocycles. The molecule has 0 N–H and O–H groups in total. The lowest BCUT2D eigenvalue weighted by Crippen LogP contribution is -2.30. The van der Waals surface area contributed by atoms with Crippen LogP contribution >= 0.6 is 0 Å². The van der Waals surface area contributed by atoms with E-state index in [-0.39, 0.29) is 31.1 Å². The van der Waals surface area contributed by atoms with Crippen LogP contribution in [0.5, 0.6) is 0 Å². The summed E-state index contributed by atoms with van der Waals surface area (Å²) in [6.45, 7) is 11.4. The van der Waals surface area contributed by atoms with Crippen LogP contribution in [0.1, 0.15) is 298 Å². The number of rotatable bonds is 48. The van der Waals surface area contributed by atoms with E-state index in [1.54, 1.807) is 0 Å². The monoisotopic (exact) mass is 849 g/mol. The summed E-state index contributed by atoms with van der Waals surface area (Å²) in [5, 5.41) is 0. The Morgan fingerprint density at radius 1 is 0.350 bits per heavy atom. The van der Waals surface area contributed by atoms with Gasteiger partial charge in [0.1, 0.15) is 13.2 Å². The highest BCUT2D eigenvalue weighted by atomic mass is 16.6. The molecule has 0 rings (SSSR count). The van der Waals surface area contributed by atoms with Crippen LogP contribution < -0.4 is 0 Å². The largest absolute Gasteiger partial charge is 0.462 e. The van der Waals surface area contributed by atoms with Gasteiger partial charge < -0.3 is 14.2 Å². The smallest absolute Gasteiger partial charge is 0.306 e. The molecule has 1 unspecified atom stereocenters. The second-order valence-electron chi connectivity index (χ2n) is 19.2. The summed E-state index contributed by atoms with van der Waals surface area (Å²) < 4.78 is 16.8. The van der Waals surface area contributed by atoms with E-state index in [9.17, 15) is 14.4 Å². The van der Waals surface area contributed by atoms with Crippen molar-refractivity contribution in [2.24, 2.45) is 11.8 Å². The quantitative estimate of drug-likeness (QED) is 0.0345. The first-order valence-corrected chi connectivity index (χ1v) is 26.8. The Hall–Kier alpha value is -1.59. The maximum Gasteiger partial charge on any atom is 0.306 e. The van der Waals surface area contributed by atoms with Crippen molar-refractivity contribution in [2.45, 2.75) is 304 Å². The molecule has 0 spiro atoms. The zero-order valence-corrected chi connectivity index (χ0v) is 41.1. The molecule has 0 aliphatic rings. The highest BCUT2D eigenvalue weighted by Crippen LogP contribution is 2.18. The third-order valence-corrected chi connectivity index (χ3v) is 12.6. The first-order chi connectivity index (χ1) is 29.3. The highest BCUT2D eigenvalue weighted by Gasteiger charge is 2.19. The number of hydrogen-bond acceptors (Lipinski definition) is 6. The predicted molar refractivity (Wildman–Crippen MR) is 256 cm³/mol. The van der Waals surface area contributed by atoms with Crippen molar-refractivity contribution in [2.75, 3.05) is 13.2 Å². The van der Waals surface area contributed by atoms with Gasteiger partial charge in [-0.05, 0) is 31.1 Å². The molecular weight excluding hydrogens is 745 g/mol. The van der Waals surface area contributed by atoms with Gasteiger partial charge in [0.15, 0.2) is 6.10 Å². The Bertz CT molecular complexity index is 918. The minimum atomic E-state index is -0.761. The predicted octanol–water partition coefficient (Wildman–Crippen LogP) is 17.3. The molecule has 0 saturated carbocycles. The average Bonchev–Trinajstić information content (AvgIpc) is 3.23. The van der Waals surface area contributed by atoms with Gasteiger partial charge in [-0.3, -0.25) is 14.4 Å². The number of carbonyl (C=O) groups excluding carboxylic acids is 3. The fraction of sp³-hybridized carbons (Fsp3) is 0.944. The molecule has 0 saturated heterocycles. The molecule has 2 atom stereocenters. The second-order valence-corrected chi connectivity index (χ2v) is 19.2. The van der Waals surface area contributed by atoms with Crippen molar-refractivity contribution >= 4 is 17.9 Å². The van der Waals surface area contributed by atoms with Crippen LogP contribution in [-0.4, -0.2) is 37.2 Å². The molecular formula is C54H104O6. The van der Waals surface area contributed by atoms with E-state index in [1.165, 1.54) is 186 Å². The molecule has 0 heterocycles. The van der Waals surface area contributed by atoms with Crippen molar-refractivity contribution < 1.29 is 28.6 Å². The van der Waals surface area contributed by atoms with Crippen molar-refractivity contribution in [1.29, 1.82) is 0 Å². The van der Waals surface area contributed by atoms with Gasteiger partial charge in [-0.2, -0.15) is 0 Å². The topological polar surface area (TPSA) is 78.9 Å². The molecule has 6 nitrogen and oxygen atoms in total. The van der Waals surface area contributed by atoms with Gasteiger partial charge in [0.2, 0.25) is 0 Å². The zero-order chi connectivity index (χ0) is 44.0. The number of carbonyl (C=O) groups is 3. The molecule has 356 valence electrons. The summed E-state index contributed by atoms with van der Waals surface area (Å²) in [5.74, 6) is 0.865. The van der Waals surface area contributed by atoms with Crippen molar-refractivity contribution in [3.63, 3.8) is 0 Å².